The van der Waals surface area contributed by atoms with Crippen molar-refractivity contribution in [1.82, 2.24) is 0 Å². The number of halogens is 1. The van der Waals surface area contributed by atoms with Gasteiger partial charge in [-0.3, -0.25) is 0 Å². The summed E-state index contributed by atoms with van der Waals surface area (Å²) in [6, 6.07) is 17.7. The lowest BCUT2D eigenvalue weighted by molar-refractivity contribution is -0.139. The highest BCUT2D eigenvalue weighted by Gasteiger charge is 2.34. The van der Waals surface area contributed by atoms with E-state index in [-0.39, 0.29) is 5.03 Å². The Kier molecular flexibility index (Phi) is 4.04. The topological polar surface area (TPSA) is 26.3 Å². The van der Waals surface area contributed by atoms with Crippen LogP contribution in [0.15, 0.2) is 69.4 Å². The number of hydrogen-bond donors (Lipinski definition) is 0. The van der Waals surface area contributed by atoms with Crippen molar-refractivity contribution in [3.8, 4) is 0 Å². The van der Waals surface area contributed by atoms with Gasteiger partial charge in [0.2, 0.25) is 0 Å². The van der Waals surface area contributed by atoms with Crippen molar-refractivity contribution < 1.29 is 9.53 Å². The Bertz CT molecular complexity index is 692. The maximum atomic E-state index is 11.8. The average Bonchev–Trinajstić information content (AvgIpc) is 2.79. The van der Waals surface area contributed by atoms with Crippen molar-refractivity contribution in [2.24, 2.45) is 0 Å². The molecule has 1 unspecified atom stereocenters. The summed E-state index contributed by atoms with van der Waals surface area (Å²) in [5.41, 5.74) is 2.12. The molecule has 0 spiro atoms. The van der Waals surface area contributed by atoms with Crippen LogP contribution < -0.4 is 0 Å². The van der Waals surface area contributed by atoms with Crippen molar-refractivity contribution >= 4 is 29.3 Å². The second-order valence-corrected chi connectivity index (χ2v) is 6.28. The Labute approximate surface area is 132 Å². The van der Waals surface area contributed by atoms with E-state index in [0.29, 0.717) is 0 Å². The zero-order chi connectivity index (χ0) is 14.8. The lowest BCUT2D eigenvalue weighted by Gasteiger charge is -2.14. The highest BCUT2D eigenvalue weighted by atomic mass is 35.5. The molecule has 1 aliphatic heterocycles. The van der Waals surface area contributed by atoms with Crippen molar-refractivity contribution in [3.63, 3.8) is 0 Å². The largest absolute Gasteiger partial charge is 0.448 e. The molecule has 0 aliphatic carbocycles. The minimum absolute atomic E-state index is 0.175. The lowest BCUT2D eigenvalue weighted by atomic mass is 10.1. The number of benzene rings is 2. The highest BCUT2D eigenvalue weighted by molar-refractivity contribution is 8.03. The van der Waals surface area contributed by atoms with E-state index in [1.54, 1.807) is 0 Å². The van der Waals surface area contributed by atoms with E-state index in [9.17, 15) is 4.79 Å². The maximum absolute atomic E-state index is 11.8. The number of rotatable bonds is 3. The molecule has 0 bridgehead atoms. The number of esters is 1. The van der Waals surface area contributed by atoms with Crippen molar-refractivity contribution in [2.45, 2.75) is 17.9 Å². The zero-order valence-electron chi connectivity index (χ0n) is 11.4. The SMILES string of the molecule is Cc1ccc(SC2=C(Cl)C(=O)OC2c2ccccc2)cc1. The highest BCUT2D eigenvalue weighted by Crippen LogP contribution is 2.45. The molecular weight excluding hydrogens is 304 g/mol. The van der Waals surface area contributed by atoms with Gasteiger partial charge in [0, 0.05) is 4.90 Å². The van der Waals surface area contributed by atoms with Crippen LogP contribution in [0.25, 0.3) is 0 Å². The van der Waals surface area contributed by atoms with Gasteiger partial charge in [-0.05, 0) is 24.6 Å². The summed E-state index contributed by atoms with van der Waals surface area (Å²) in [6.07, 6.45) is -0.419. The molecule has 106 valence electrons. The number of thioether (sulfide) groups is 1. The predicted octanol–water partition coefficient (Wildman–Crippen LogP) is 4.84. The van der Waals surface area contributed by atoms with Gasteiger partial charge in [-0.1, -0.05) is 71.4 Å². The van der Waals surface area contributed by atoms with E-state index < -0.39 is 12.1 Å². The van der Waals surface area contributed by atoms with Gasteiger partial charge in [0.1, 0.15) is 5.03 Å². The first-order valence-corrected chi connectivity index (χ1v) is 7.75. The molecule has 2 nitrogen and oxygen atoms in total. The summed E-state index contributed by atoms with van der Waals surface area (Å²) in [5.74, 6) is -0.458. The van der Waals surface area contributed by atoms with Crippen molar-refractivity contribution in [1.29, 1.82) is 0 Å². The third kappa shape index (κ3) is 2.99. The molecule has 0 saturated carbocycles. The van der Waals surface area contributed by atoms with E-state index in [4.69, 9.17) is 16.3 Å². The molecular formula is C17H13ClO2S. The lowest BCUT2D eigenvalue weighted by Crippen LogP contribution is -2.02. The molecule has 2 aromatic carbocycles. The molecule has 4 heteroatoms. The van der Waals surface area contributed by atoms with E-state index in [2.05, 4.69) is 0 Å². The van der Waals surface area contributed by atoms with Crippen LogP contribution in [-0.2, 0) is 9.53 Å². The summed E-state index contributed by atoms with van der Waals surface area (Å²) < 4.78 is 5.40. The molecule has 1 aliphatic rings. The summed E-state index contributed by atoms with van der Waals surface area (Å²) in [4.78, 5) is 13.6. The Balaban J connectivity index is 1.93. The van der Waals surface area contributed by atoms with Crippen LogP contribution in [0.4, 0.5) is 0 Å². The predicted molar refractivity (Wildman–Crippen MR) is 85.2 cm³/mol. The molecule has 0 aromatic heterocycles. The third-order valence-electron chi connectivity index (χ3n) is 3.21. The maximum Gasteiger partial charge on any atom is 0.351 e. The van der Waals surface area contributed by atoms with Crippen LogP contribution in [-0.4, -0.2) is 5.97 Å². The van der Waals surface area contributed by atoms with Crippen molar-refractivity contribution in [3.05, 3.63) is 75.7 Å². The zero-order valence-corrected chi connectivity index (χ0v) is 12.9. The van der Waals surface area contributed by atoms with Crippen LogP contribution >= 0.6 is 23.4 Å². The Morgan fingerprint density at radius 3 is 2.38 bits per heavy atom. The van der Waals surface area contributed by atoms with Gasteiger partial charge < -0.3 is 4.74 Å². The molecule has 3 rings (SSSR count). The third-order valence-corrected chi connectivity index (χ3v) is 4.83. The van der Waals surface area contributed by atoms with Gasteiger partial charge in [0.15, 0.2) is 6.10 Å². The van der Waals surface area contributed by atoms with Gasteiger partial charge in [0.05, 0.1) is 4.91 Å². The molecule has 2 aromatic rings. The van der Waals surface area contributed by atoms with Gasteiger partial charge in [-0.25, -0.2) is 4.79 Å². The summed E-state index contributed by atoms with van der Waals surface area (Å²) in [7, 11) is 0. The molecule has 0 N–H and O–H groups in total. The minimum atomic E-state index is -0.458. The monoisotopic (exact) mass is 316 g/mol. The average molecular weight is 317 g/mol. The van der Waals surface area contributed by atoms with E-state index in [1.165, 1.54) is 17.3 Å². The van der Waals surface area contributed by atoms with E-state index in [0.717, 1.165) is 15.4 Å². The fraction of sp³-hybridized carbons (Fsp3) is 0.118. The molecule has 1 heterocycles. The Hall–Kier alpha value is -1.71. The molecule has 0 amide bonds. The van der Waals surface area contributed by atoms with Gasteiger partial charge in [-0.15, -0.1) is 0 Å². The van der Waals surface area contributed by atoms with Crippen molar-refractivity contribution in [2.75, 3.05) is 0 Å². The number of cyclic esters (lactones) is 1. The number of aryl methyl sites for hydroxylation is 1. The van der Waals surface area contributed by atoms with Gasteiger partial charge >= 0.3 is 5.97 Å². The number of carbonyl (C=O) groups excluding carboxylic acids is 1. The second kappa shape index (κ2) is 5.96. The van der Waals surface area contributed by atoms with Crippen LogP contribution in [0.1, 0.15) is 17.2 Å². The standard InChI is InChI=1S/C17H13ClO2S/c1-11-7-9-13(10-8-11)21-16-14(18)17(19)20-15(16)12-5-3-2-4-6-12/h2-10,15H,1H3. The molecule has 0 saturated heterocycles. The van der Waals surface area contributed by atoms with Crippen LogP contribution in [0, 0.1) is 6.92 Å². The fourth-order valence-corrected chi connectivity index (χ4v) is 3.36. The Morgan fingerprint density at radius 2 is 1.71 bits per heavy atom. The smallest absolute Gasteiger partial charge is 0.351 e. The van der Waals surface area contributed by atoms with Crippen LogP contribution in [0.5, 0.6) is 0 Å². The van der Waals surface area contributed by atoms with Crippen LogP contribution in [0.2, 0.25) is 0 Å². The van der Waals surface area contributed by atoms with Crippen LogP contribution in [0.3, 0.4) is 0 Å². The fourth-order valence-electron chi connectivity index (χ4n) is 2.11. The van der Waals surface area contributed by atoms with E-state index >= 15 is 0 Å². The number of hydrogen-bond acceptors (Lipinski definition) is 3. The molecule has 1 atom stereocenters. The number of carbonyl (C=O) groups is 1. The minimum Gasteiger partial charge on any atom is -0.448 e. The summed E-state index contributed by atoms with van der Waals surface area (Å²) in [5, 5.41) is 0.175. The summed E-state index contributed by atoms with van der Waals surface area (Å²) in [6.45, 7) is 2.04. The second-order valence-electron chi connectivity index (χ2n) is 4.79. The first-order valence-electron chi connectivity index (χ1n) is 6.55. The molecule has 0 fully saturated rings. The van der Waals surface area contributed by atoms with E-state index in [1.807, 2.05) is 61.5 Å². The number of ether oxygens (including phenoxy) is 1. The normalized spacial score (nSPS) is 18.0. The Morgan fingerprint density at radius 1 is 1.05 bits per heavy atom. The first kappa shape index (κ1) is 14.2. The summed E-state index contributed by atoms with van der Waals surface area (Å²) >= 11 is 7.62. The van der Waals surface area contributed by atoms with Gasteiger partial charge in [-0.2, -0.15) is 0 Å². The molecule has 0 radical (unpaired) electrons. The quantitative estimate of drug-likeness (QED) is 0.758. The first-order chi connectivity index (χ1) is 10.1. The van der Waals surface area contributed by atoms with Gasteiger partial charge in [0.25, 0.3) is 0 Å². The molecule has 21 heavy (non-hydrogen) atoms.